The molecule has 1 fully saturated rings. The fourth-order valence-electron chi connectivity index (χ4n) is 1.72. The van der Waals surface area contributed by atoms with Crippen molar-refractivity contribution >= 4 is 0 Å². The first-order valence-corrected chi connectivity index (χ1v) is 5.49. The third-order valence-electron chi connectivity index (χ3n) is 3.64. The van der Waals surface area contributed by atoms with Gasteiger partial charge in [0.2, 0.25) is 0 Å². The van der Waals surface area contributed by atoms with Gasteiger partial charge < -0.3 is 10.1 Å². The minimum Gasteiger partial charge on any atom is -0.372 e. The van der Waals surface area contributed by atoms with E-state index in [4.69, 9.17) is 4.74 Å². The maximum absolute atomic E-state index is 5.95. The van der Waals surface area contributed by atoms with Crippen molar-refractivity contribution in [2.24, 2.45) is 0 Å². The summed E-state index contributed by atoms with van der Waals surface area (Å²) in [5.41, 5.74) is 0.308. The van der Waals surface area contributed by atoms with Crippen LogP contribution < -0.4 is 5.32 Å². The van der Waals surface area contributed by atoms with Crippen molar-refractivity contribution in [2.45, 2.75) is 58.1 Å². The lowest BCUT2D eigenvalue weighted by atomic mass is 9.89. The van der Waals surface area contributed by atoms with E-state index in [0.717, 1.165) is 32.4 Å². The molecule has 1 saturated heterocycles. The molecule has 0 radical (unpaired) electrons. The van der Waals surface area contributed by atoms with Crippen LogP contribution in [-0.4, -0.2) is 24.3 Å². The van der Waals surface area contributed by atoms with Crippen molar-refractivity contribution in [3.8, 4) is 0 Å². The number of ether oxygens (including phenoxy) is 1. The van der Waals surface area contributed by atoms with Gasteiger partial charge >= 0.3 is 0 Å². The monoisotopic (exact) mass is 185 g/mol. The maximum Gasteiger partial charge on any atom is 0.0776 e. The van der Waals surface area contributed by atoms with Crippen molar-refractivity contribution in [3.63, 3.8) is 0 Å². The van der Waals surface area contributed by atoms with Crippen LogP contribution in [0.15, 0.2) is 0 Å². The molecule has 0 bridgehead atoms. The van der Waals surface area contributed by atoms with E-state index in [-0.39, 0.29) is 11.1 Å². The van der Waals surface area contributed by atoms with Crippen LogP contribution in [0.5, 0.6) is 0 Å². The van der Waals surface area contributed by atoms with Crippen molar-refractivity contribution in [2.75, 3.05) is 13.2 Å². The van der Waals surface area contributed by atoms with Crippen molar-refractivity contribution < 1.29 is 4.74 Å². The molecular weight excluding hydrogens is 162 g/mol. The standard InChI is InChI=1S/C11H23NO/c1-5-10(4)8-12-11(6-2,7-3)9-13-10/h12H,5-9H2,1-4H3. The Labute approximate surface area is 82.0 Å². The molecule has 0 aromatic rings. The van der Waals surface area contributed by atoms with Gasteiger partial charge in [-0.25, -0.2) is 0 Å². The van der Waals surface area contributed by atoms with E-state index in [2.05, 4.69) is 33.0 Å². The van der Waals surface area contributed by atoms with E-state index in [1.54, 1.807) is 0 Å². The Balaban J connectivity index is 2.54. The first kappa shape index (κ1) is 11.0. The van der Waals surface area contributed by atoms with Crippen LogP contribution in [0.1, 0.15) is 47.0 Å². The molecule has 2 nitrogen and oxygen atoms in total. The van der Waals surface area contributed by atoms with Gasteiger partial charge in [-0.3, -0.25) is 0 Å². The SMILES string of the molecule is CCC1(CC)COC(C)(CC)CN1. The smallest absolute Gasteiger partial charge is 0.0776 e. The summed E-state index contributed by atoms with van der Waals surface area (Å²) in [5, 5.41) is 3.65. The predicted octanol–water partition coefficient (Wildman–Crippen LogP) is 2.33. The molecule has 0 aromatic carbocycles. The molecule has 2 heteroatoms. The van der Waals surface area contributed by atoms with E-state index in [1.165, 1.54) is 0 Å². The predicted molar refractivity (Wildman–Crippen MR) is 56.0 cm³/mol. The summed E-state index contributed by atoms with van der Waals surface area (Å²) < 4.78 is 5.95. The molecule has 1 N–H and O–H groups in total. The Morgan fingerprint density at radius 2 is 1.77 bits per heavy atom. The Bertz CT molecular complexity index is 153. The lowest BCUT2D eigenvalue weighted by Gasteiger charge is -2.45. The fourth-order valence-corrected chi connectivity index (χ4v) is 1.72. The second-order valence-electron chi connectivity index (χ2n) is 4.43. The van der Waals surface area contributed by atoms with E-state index >= 15 is 0 Å². The van der Waals surface area contributed by atoms with Crippen LogP contribution in [0.25, 0.3) is 0 Å². The molecule has 0 spiro atoms. The Morgan fingerprint density at radius 3 is 2.08 bits per heavy atom. The van der Waals surface area contributed by atoms with Crippen molar-refractivity contribution in [1.82, 2.24) is 5.32 Å². The average molecular weight is 185 g/mol. The number of morpholine rings is 1. The molecule has 1 atom stereocenters. The van der Waals surface area contributed by atoms with Crippen LogP contribution in [0.2, 0.25) is 0 Å². The molecule has 0 aromatic heterocycles. The fraction of sp³-hybridized carbons (Fsp3) is 1.00. The lowest BCUT2D eigenvalue weighted by molar-refractivity contribution is -0.102. The molecule has 0 amide bonds. The highest BCUT2D eigenvalue weighted by atomic mass is 16.5. The molecule has 1 unspecified atom stereocenters. The topological polar surface area (TPSA) is 21.3 Å². The second-order valence-corrected chi connectivity index (χ2v) is 4.43. The van der Waals surface area contributed by atoms with Gasteiger partial charge in [0.1, 0.15) is 0 Å². The highest BCUT2D eigenvalue weighted by Crippen LogP contribution is 2.26. The molecule has 1 aliphatic heterocycles. The van der Waals surface area contributed by atoms with Crippen molar-refractivity contribution in [3.05, 3.63) is 0 Å². The molecule has 1 aliphatic rings. The summed E-state index contributed by atoms with van der Waals surface area (Å²) in [7, 11) is 0. The van der Waals surface area contributed by atoms with Crippen LogP contribution in [0, 0.1) is 0 Å². The summed E-state index contributed by atoms with van der Waals surface area (Å²) >= 11 is 0. The lowest BCUT2D eigenvalue weighted by Crippen LogP contribution is -2.60. The zero-order valence-electron chi connectivity index (χ0n) is 9.44. The Hall–Kier alpha value is -0.0800. The van der Waals surface area contributed by atoms with Crippen LogP contribution >= 0.6 is 0 Å². The molecule has 1 heterocycles. The summed E-state index contributed by atoms with van der Waals surface area (Å²) in [6.45, 7) is 10.7. The molecular formula is C11H23NO. The number of hydrogen-bond acceptors (Lipinski definition) is 2. The Morgan fingerprint density at radius 1 is 1.15 bits per heavy atom. The number of rotatable bonds is 3. The van der Waals surface area contributed by atoms with Crippen LogP contribution in [0.4, 0.5) is 0 Å². The van der Waals surface area contributed by atoms with Gasteiger partial charge in [-0.2, -0.15) is 0 Å². The van der Waals surface area contributed by atoms with E-state index in [0.29, 0.717) is 0 Å². The van der Waals surface area contributed by atoms with E-state index in [9.17, 15) is 0 Å². The summed E-state index contributed by atoms with van der Waals surface area (Å²) in [6, 6.07) is 0. The van der Waals surface area contributed by atoms with Gasteiger partial charge in [0.25, 0.3) is 0 Å². The van der Waals surface area contributed by atoms with E-state index < -0.39 is 0 Å². The van der Waals surface area contributed by atoms with Gasteiger partial charge in [-0.15, -0.1) is 0 Å². The summed E-state index contributed by atoms with van der Waals surface area (Å²) in [6.07, 6.45) is 3.40. The average Bonchev–Trinajstić information content (AvgIpc) is 2.20. The molecule has 1 rings (SSSR count). The van der Waals surface area contributed by atoms with Crippen LogP contribution in [-0.2, 0) is 4.74 Å². The number of nitrogens with one attached hydrogen (secondary N) is 1. The summed E-state index contributed by atoms with van der Waals surface area (Å²) in [5.74, 6) is 0. The van der Waals surface area contributed by atoms with Gasteiger partial charge in [-0.1, -0.05) is 20.8 Å². The Kier molecular flexibility index (Phi) is 3.36. The largest absolute Gasteiger partial charge is 0.372 e. The molecule has 78 valence electrons. The quantitative estimate of drug-likeness (QED) is 0.728. The van der Waals surface area contributed by atoms with Crippen LogP contribution in [0.3, 0.4) is 0 Å². The molecule has 0 saturated carbocycles. The van der Waals surface area contributed by atoms with Gasteiger partial charge in [0.05, 0.1) is 12.2 Å². The highest BCUT2D eigenvalue weighted by Gasteiger charge is 2.37. The van der Waals surface area contributed by atoms with Gasteiger partial charge in [0.15, 0.2) is 0 Å². The first-order chi connectivity index (χ1) is 6.10. The van der Waals surface area contributed by atoms with Gasteiger partial charge in [-0.05, 0) is 26.2 Å². The zero-order chi connectivity index (χ0) is 9.95. The third-order valence-corrected chi connectivity index (χ3v) is 3.64. The normalized spacial score (nSPS) is 33.2. The first-order valence-electron chi connectivity index (χ1n) is 5.49. The van der Waals surface area contributed by atoms with E-state index in [1.807, 2.05) is 0 Å². The third kappa shape index (κ3) is 2.23. The number of hydrogen-bond donors (Lipinski definition) is 1. The minimum absolute atomic E-state index is 0.0633. The zero-order valence-corrected chi connectivity index (χ0v) is 9.44. The van der Waals surface area contributed by atoms with Crippen molar-refractivity contribution in [1.29, 1.82) is 0 Å². The highest BCUT2D eigenvalue weighted by molar-refractivity contribution is 4.94. The molecule has 0 aliphatic carbocycles. The maximum atomic E-state index is 5.95. The molecule has 13 heavy (non-hydrogen) atoms. The van der Waals surface area contributed by atoms with Gasteiger partial charge in [0, 0.05) is 12.1 Å². The minimum atomic E-state index is 0.0633. The second kappa shape index (κ2) is 3.97. The summed E-state index contributed by atoms with van der Waals surface area (Å²) in [4.78, 5) is 0.